The van der Waals surface area contributed by atoms with E-state index in [0.29, 0.717) is 17.3 Å². The molecule has 5 fully saturated rings. The average molecular weight is 622 g/mol. The average Bonchev–Trinajstić information content (AvgIpc) is 3.29. The Morgan fingerprint density at radius 2 is 1.85 bits per heavy atom. The van der Waals surface area contributed by atoms with Crippen LogP contribution in [0.25, 0.3) is 11.2 Å². The molecule has 7 rings (SSSR count). The topological polar surface area (TPSA) is 206 Å². The summed E-state index contributed by atoms with van der Waals surface area (Å²) in [6, 6.07) is 0. The molecule has 2 aromatic rings. The maximum absolute atomic E-state index is 12.0. The molecular formula is C23H33ClN5O9PS. The van der Waals surface area contributed by atoms with Crippen LogP contribution < -0.4 is 5.32 Å². The lowest BCUT2D eigenvalue weighted by Gasteiger charge is -2.65. The maximum atomic E-state index is 12.0. The zero-order valence-electron chi connectivity index (χ0n) is 22.0. The predicted octanol–water partition coefficient (Wildman–Crippen LogP) is 2.31. The van der Waals surface area contributed by atoms with E-state index >= 15 is 0 Å². The van der Waals surface area contributed by atoms with Gasteiger partial charge >= 0.3 is 7.60 Å². The van der Waals surface area contributed by atoms with Crippen molar-refractivity contribution < 1.29 is 41.9 Å². The smallest absolute Gasteiger partial charge is 0.345 e. The number of rotatable bonds is 8. The fraction of sp³-hybridized carbons (Fsp3) is 0.783. The van der Waals surface area contributed by atoms with Crippen LogP contribution >= 0.6 is 19.2 Å². The second-order valence-electron chi connectivity index (χ2n) is 12.9. The lowest BCUT2D eigenvalue weighted by atomic mass is 9.43. The van der Waals surface area contributed by atoms with Gasteiger partial charge in [0.2, 0.25) is 5.28 Å². The van der Waals surface area contributed by atoms with Crippen molar-refractivity contribution in [2.75, 3.05) is 17.4 Å². The van der Waals surface area contributed by atoms with Crippen molar-refractivity contribution in [1.82, 2.24) is 19.5 Å². The van der Waals surface area contributed by atoms with Gasteiger partial charge in [-0.2, -0.15) is 18.4 Å². The molecule has 5 unspecified atom stereocenters. The van der Waals surface area contributed by atoms with Gasteiger partial charge in [-0.05, 0) is 66.9 Å². The van der Waals surface area contributed by atoms with Gasteiger partial charge in [-0.15, -0.1) is 0 Å². The van der Waals surface area contributed by atoms with E-state index in [1.807, 2.05) is 0 Å². The fourth-order valence-electron chi connectivity index (χ4n) is 8.53. The van der Waals surface area contributed by atoms with Crippen LogP contribution in [-0.2, 0) is 23.9 Å². The zero-order chi connectivity index (χ0) is 28.9. The van der Waals surface area contributed by atoms with Crippen LogP contribution in [0.5, 0.6) is 0 Å². The first-order chi connectivity index (χ1) is 18.5. The van der Waals surface area contributed by atoms with Gasteiger partial charge in [-0.3, -0.25) is 13.7 Å². The highest BCUT2D eigenvalue weighted by molar-refractivity contribution is 7.92. The number of hydrogen-bond acceptors (Lipinski definition) is 11. The lowest BCUT2D eigenvalue weighted by molar-refractivity contribution is -0.0973. The van der Waals surface area contributed by atoms with E-state index in [4.69, 9.17) is 25.4 Å². The van der Waals surface area contributed by atoms with E-state index < -0.39 is 54.4 Å². The highest BCUT2D eigenvalue weighted by Crippen LogP contribution is 2.67. The summed E-state index contributed by atoms with van der Waals surface area (Å²) in [5, 5.41) is 24.9. The molecule has 0 radical (unpaired) electrons. The Bertz CT molecular complexity index is 1490. The van der Waals surface area contributed by atoms with Crippen molar-refractivity contribution in [3.8, 4) is 0 Å². The Balaban J connectivity index is 1.25. The molecule has 5 N–H and O–H groups in total. The summed E-state index contributed by atoms with van der Waals surface area (Å²) in [4.78, 5) is 23.0. The number of hydrogen-bond donors (Lipinski definition) is 5. The molecule has 5 aliphatic rings. The van der Waals surface area contributed by atoms with Gasteiger partial charge in [-0.1, -0.05) is 13.8 Å². The van der Waals surface area contributed by atoms with Gasteiger partial charge in [0.25, 0.3) is 10.1 Å². The summed E-state index contributed by atoms with van der Waals surface area (Å²) in [6.45, 7) is 4.01. The molecular weight excluding hydrogens is 589 g/mol. The van der Waals surface area contributed by atoms with Crippen molar-refractivity contribution in [1.29, 1.82) is 0 Å². The number of fused-ring (bicyclic) bond motifs is 1. The lowest BCUT2D eigenvalue weighted by Crippen LogP contribution is -2.61. The highest BCUT2D eigenvalue weighted by atomic mass is 35.5. The van der Waals surface area contributed by atoms with Crippen LogP contribution in [0.4, 0.5) is 5.82 Å². The van der Waals surface area contributed by atoms with E-state index in [2.05, 4.69) is 34.1 Å². The van der Waals surface area contributed by atoms with E-state index in [1.165, 1.54) is 30.2 Å². The van der Waals surface area contributed by atoms with Gasteiger partial charge < -0.3 is 29.7 Å². The molecule has 0 amide bonds. The van der Waals surface area contributed by atoms with Gasteiger partial charge in [0.15, 0.2) is 28.7 Å². The number of aliphatic hydroxyl groups excluding tert-OH is 2. The van der Waals surface area contributed by atoms with Crippen molar-refractivity contribution in [2.24, 2.45) is 16.7 Å². The van der Waals surface area contributed by atoms with Gasteiger partial charge in [0, 0.05) is 5.54 Å². The zero-order valence-corrected chi connectivity index (χ0v) is 24.4. The van der Waals surface area contributed by atoms with E-state index in [-0.39, 0.29) is 27.3 Å². The fourth-order valence-corrected chi connectivity index (χ4v) is 11.0. The van der Waals surface area contributed by atoms with Crippen LogP contribution in [-0.4, -0.2) is 83.5 Å². The Morgan fingerprint density at radius 3 is 2.48 bits per heavy atom. The molecule has 222 valence electrons. The van der Waals surface area contributed by atoms with Gasteiger partial charge in [0.05, 0.1) is 12.9 Å². The minimum Gasteiger partial charge on any atom is -0.387 e. The summed E-state index contributed by atoms with van der Waals surface area (Å²) in [5.74, 6) is 1.11. The third-order valence-corrected chi connectivity index (χ3v) is 12.1. The summed E-state index contributed by atoms with van der Waals surface area (Å²) >= 11 is 6.34. The Hall–Kier alpha value is -1.42. The maximum Gasteiger partial charge on any atom is 0.345 e. The van der Waals surface area contributed by atoms with E-state index in [9.17, 15) is 28.1 Å². The molecule has 2 aromatic heterocycles. The molecule has 1 saturated heterocycles. The highest BCUT2D eigenvalue weighted by Gasteiger charge is 2.60. The molecule has 0 spiro atoms. The van der Waals surface area contributed by atoms with Gasteiger partial charge in [-0.25, -0.2) is 4.98 Å². The van der Waals surface area contributed by atoms with E-state index in [1.54, 1.807) is 0 Å². The van der Waals surface area contributed by atoms with Crippen LogP contribution in [0, 0.1) is 16.7 Å². The minimum atomic E-state index is -4.79. The second kappa shape index (κ2) is 9.29. The van der Waals surface area contributed by atoms with Crippen molar-refractivity contribution in [3.05, 3.63) is 11.6 Å². The largest absolute Gasteiger partial charge is 0.387 e. The van der Waals surface area contributed by atoms with E-state index in [0.717, 1.165) is 19.3 Å². The Kier molecular flexibility index (Phi) is 6.66. The van der Waals surface area contributed by atoms with Crippen LogP contribution in [0.2, 0.25) is 5.28 Å². The third-order valence-electron chi connectivity index (χ3n) is 8.78. The number of anilines is 1. The minimum absolute atomic E-state index is 0.0433. The molecule has 40 heavy (non-hydrogen) atoms. The summed E-state index contributed by atoms with van der Waals surface area (Å²) in [5.41, 5.74) is -0.501. The molecule has 4 saturated carbocycles. The second-order valence-corrected chi connectivity index (χ2v) is 17.0. The quantitative estimate of drug-likeness (QED) is 0.163. The number of nitrogens with one attached hydrogen (secondary N) is 1. The van der Waals surface area contributed by atoms with Crippen LogP contribution in [0.15, 0.2) is 6.33 Å². The molecule has 9 atom stereocenters. The first-order valence-electron chi connectivity index (χ1n) is 13.1. The van der Waals surface area contributed by atoms with Crippen molar-refractivity contribution in [3.63, 3.8) is 0 Å². The number of ether oxygens (including phenoxy) is 1. The number of halogens is 1. The third kappa shape index (κ3) is 5.29. The molecule has 17 heteroatoms. The summed E-state index contributed by atoms with van der Waals surface area (Å²) < 4.78 is 54.6. The molecule has 14 nitrogen and oxygen atoms in total. The molecule has 1 aliphatic heterocycles. The monoisotopic (exact) mass is 621 g/mol. The van der Waals surface area contributed by atoms with Crippen LogP contribution in [0.1, 0.15) is 58.6 Å². The standard InChI is InChI=1S/C23H33ClN5O9PS/c1-21-3-12-4-22(2,7-21)9-23(5-12,8-21)28-17-14-18(27-20(24)26-17)29(10-25-14)19-16(31)15(30)13(38-19)6-37-39(32,33)11-40(34,35)36/h10,12-13,15-16,19,30-31H,3-9,11H2,1-2H3,(H,32,33)(H,26,27,28)(H,34,35,36)/t12-,13?,15?,16?,19?,21+,22-,23-. The van der Waals surface area contributed by atoms with Crippen LogP contribution in [0.3, 0.4) is 0 Å². The normalized spacial score (nSPS) is 40.5. The first kappa shape index (κ1) is 28.7. The molecule has 3 heterocycles. The van der Waals surface area contributed by atoms with Crippen molar-refractivity contribution >= 4 is 46.3 Å². The number of nitrogens with zero attached hydrogens (tertiary/aromatic N) is 4. The predicted molar refractivity (Wildman–Crippen MR) is 142 cm³/mol. The molecule has 0 aromatic carbocycles. The first-order valence-corrected chi connectivity index (χ1v) is 16.8. The Labute approximate surface area is 235 Å². The summed E-state index contributed by atoms with van der Waals surface area (Å²) in [6.07, 6.45) is 2.51. The molecule has 4 aliphatic carbocycles. The van der Waals surface area contributed by atoms with Gasteiger partial charge in [0.1, 0.15) is 18.3 Å². The number of imidazole rings is 1. The Morgan fingerprint density at radius 1 is 1.18 bits per heavy atom. The number of aliphatic hydroxyl groups is 2. The molecule has 4 bridgehead atoms. The van der Waals surface area contributed by atoms with Crippen molar-refractivity contribution in [2.45, 2.75) is 82.5 Å². The number of aromatic nitrogens is 4. The SMILES string of the molecule is C[C@]12C[C@@H]3C[C@](C)(C1)C[C@@](Nc1nc(Cl)nc4c1ncn4C1OC(COP(=O)(O)CS(=O)(=O)O)C(O)C1O)(C3)C2. The summed E-state index contributed by atoms with van der Waals surface area (Å²) in [7, 11) is -9.55.